The molecule has 0 radical (unpaired) electrons. The van der Waals surface area contributed by atoms with Crippen molar-refractivity contribution in [2.24, 2.45) is 0 Å². The zero-order valence-corrected chi connectivity index (χ0v) is 8.56. The number of pyridine rings is 1. The van der Waals surface area contributed by atoms with Crippen LogP contribution in [0.2, 0.25) is 0 Å². The van der Waals surface area contributed by atoms with Gasteiger partial charge >= 0.3 is 0 Å². The number of hydrogen-bond donors (Lipinski definition) is 1. The van der Waals surface area contributed by atoms with Gasteiger partial charge in [-0.05, 0) is 19.9 Å². The molecule has 1 aromatic heterocycles. The molecule has 1 aromatic rings. The molecule has 1 aliphatic rings. The van der Waals surface area contributed by atoms with E-state index in [-0.39, 0.29) is 4.87 Å². The zero-order valence-electron chi connectivity index (χ0n) is 7.74. The van der Waals surface area contributed by atoms with Gasteiger partial charge in [-0.1, -0.05) is 17.8 Å². The Kier molecular flexibility index (Phi) is 2.04. The van der Waals surface area contributed by atoms with Crippen molar-refractivity contribution < 1.29 is 0 Å². The van der Waals surface area contributed by atoms with E-state index in [4.69, 9.17) is 0 Å². The Bertz CT molecular complexity index is 330. The number of nitrogens with zero attached hydrogens (tertiary/aromatic N) is 1. The third kappa shape index (κ3) is 1.86. The molecule has 0 aromatic carbocycles. The summed E-state index contributed by atoms with van der Waals surface area (Å²) in [5.74, 6) is 0. The van der Waals surface area contributed by atoms with Crippen LogP contribution in [0.4, 0.5) is 0 Å². The van der Waals surface area contributed by atoms with Crippen LogP contribution in [-0.4, -0.2) is 9.85 Å². The van der Waals surface area contributed by atoms with Gasteiger partial charge in [0.25, 0.3) is 0 Å². The van der Waals surface area contributed by atoms with Gasteiger partial charge in [0, 0.05) is 29.1 Å². The van der Waals surface area contributed by atoms with Gasteiger partial charge in [-0.25, -0.2) is 0 Å². The quantitative estimate of drug-likeness (QED) is 0.740. The van der Waals surface area contributed by atoms with Gasteiger partial charge in [-0.15, -0.1) is 0 Å². The summed E-state index contributed by atoms with van der Waals surface area (Å²) in [7, 11) is 0. The van der Waals surface area contributed by atoms with E-state index < -0.39 is 0 Å². The highest BCUT2D eigenvalue weighted by Gasteiger charge is 2.25. The van der Waals surface area contributed by atoms with Crippen LogP contribution < -0.4 is 5.32 Å². The van der Waals surface area contributed by atoms with Crippen LogP contribution in [0.25, 0.3) is 4.91 Å². The SMILES string of the molecule is CC1(C)NC=C(c2cccnc2)S1. The highest BCUT2D eigenvalue weighted by Crippen LogP contribution is 2.40. The lowest BCUT2D eigenvalue weighted by Crippen LogP contribution is -2.26. The van der Waals surface area contributed by atoms with Crippen molar-refractivity contribution in [1.29, 1.82) is 0 Å². The summed E-state index contributed by atoms with van der Waals surface area (Å²) in [6.45, 7) is 4.33. The number of aromatic nitrogens is 1. The molecule has 0 atom stereocenters. The summed E-state index contributed by atoms with van der Waals surface area (Å²) < 4.78 is 0. The molecule has 2 rings (SSSR count). The molecule has 0 spiro atoms. The molecule has 0 unspecified atom stereocenters. The van der Waals surface area contributed by atoms with Gasteiger partial charge in [-0.2, -0.15) is 0 Å². The van der Waals surface area contributed by atoms with Crippen LogP contribution in [0, 0.1) is 0 Å². The lowest BCUT2D eigenvalue weighted by Gasteiger charge is -2.17. The largest absolute Gasteiger partial charge is 0.376 e. The highest BCUT2D eigenvalue weighted by atomic mass is 32.2. The van der Waals surface area contributed by atoms with Crippen molar-refractivity contribution in [3.63, 3.8) is 0 Å². The van der Waals surface area contributed by atoms with E-state index in [0.717, 1.165) is 0 Å². The second kappa shape index (κ2) is 3.07. The van der Waals surface area contributed by atoms with E-state index in [2.05, 4.69) is 36.4 Å². The van der Waals surface area contributed by atoms with Gasteiger partial charge in [0.1, 0.15) is 0 Å². The van der Waals surface area contributed by atoms with Crippen molar-refractivity contribution in [3.8, 4) is 0 Å². The first-order valence-electron chi connectivity index (χ1n) is 4.25. The Morgan fingerprint density at radius 1 is 1.46 bits per heavy atom. The molecule has 0 saturated heterocycles. The van der Waals surface area contributed by atoms with Crippen LogP contribution in [-0.2, 0) is 0 Å². The summed E-state index contributed by atoms with van der Waals surface area (Å²) in [4.78, 5) is 5.47. The summed E-state index contributed by atoms with van der Waals surface area (Å²) in [6, 6.07) is 4.04. The van der Waals surface area contributed by atoms with Crippen molar-refractivity contribution in [3.05, 3.63) is 36.3 Å². The van der Waals surface area contributed by atoms with Crippen molar-refractivity contribution >= 4 is 16.7 Å². The van der Waals surface area contributed by atoms with Crippen LogP contribution in [0.1, 0.15) is 19.4 Å². The van der Waals surface area contributed by atoms with Gasteiger partial charge in [0.05, 0.1) is 4.87 Å². The Hall–Kier alpha value is -0.960. The van der Waals surface area contributed by atoms with Gasteiger partial charge in [0.2, 0.25) is 0 Å². The van der Waals surface area contributed by atoms with Crippen molar-refractivity contribution in [1.82, 2.24) is 10.3 Å². The highest BCUT2D eigenvalue weighted by molar-refractivity contribution is 8.09. The fraction of sp³-hybridized carbons (Fsp3) is 0.300. The first-order valence-corrected chi connectivity index (χ1v) is 5.06. The third-order valence-corrected chi connectivity index (χ3v) is 3.06. The number of nitrogens with one attached hydrogen (secondary N) is 1. The number of rotatable bonds is 1. The van der Waals surface area contributed by atoms with Crippen molar-refractivity contribution in [2.75, 3.05) is 0 Å². The number of hydrogen-bond acceptors (Lipinski definition) is 3. The average Bonchev–Trinajstić information content (AvgIpc) is 2.48. The third-order valence-electron chi connectivity index (χ3n) is 1.86. The summed E-state index contributed by atoms with van der Waals surface area (Å²) in [5, 5.41) is 3.32. The minimum absolute atomic E-state index is 0.116. The minimum Gasteiger partial charge on any atom is -0.376 e. The standard InChI is InChI=1S/C10H12N2S/c1-10(2)12-7-9(13-10)8-4-3-5-11-6-8/h3-7,12H,1-2H3. The summed E-state index contributed by atoms with van der Waals surface area (Å²) in [6.07, 6.45) is 5.74. The maximum atomic E-state index is 4.10. The normalized spacial score (nSPS) is 19.4. The monoisotopic (exact) mass is 192 g/mol. The van der Waals surface area contributed by atoms with E-state index in [1.807, 2.05) is 24.0 Å². The molecule has 0 bridgehead atoms. The molecule has 2 nitrogen and oxygen atoms in total. The van der Waals surface area contributed by atoms with Crippen molar-refractivity contribution in [2.45, 2.75) is 18.7 Å². The van der Waals surface area contributed by atoms with Gasteiger partial charge in [0.15, 0.2) is 0 Å². The van der Waals surface area contributed by atoms with Crippen LogP contribution in [0.3, 0.4) is 0 Å². The molecule has 0 aliphatic carbocycles. The maximum Gasteiger partial charge on any atom is 0.0819 e. The first kappa shape index (κ1) is 8.63. The van der Waals surface area contributed by atoms with E-state index in [0.29, 0.717) is 0 Å². The van der Waals surface area contributed by atoms with Crippen LogP contribution in [0.5, 0.6) is 0 Å². The average molecular weight is 192 g/mol. The lowest BCUT2D eigenvalue weighted by atomic mass is 10.3. The van der Waals surface area contributed by atoms with E-state index >= 15 is 0 Å². The summed E-state index contributed by atoms with van der Waals surface area (Å²) >= 11 is 1.83. The molecule has 1 aliphatic heterocycles. The molecular weight excluding hydrogens is 180 g/mol. The molecule has 13 heavy (non-hydrogen) atoms. The topological polar surface area (TPSA) is 24.9 Å². The van der Waals surface area contributed by atoms with E-state index in [9.17, 15) is 0 Å². The maximum absolute atomic E-state index is 4.10. The predicted octanol–water partition coefficient (Wildman–Crippen LogP) is 2.45. The molecule has 68 valence electrons. The number of thioether (sulfide) groups is 1. The Labute approximate surface area is 82.5 Å². The fourth-order valence-corrected chi connectivity index (χ4v) is 2.25. The smallest absolute Gasteiger partial charge is 0.0819 e. The molecule has 0 saturated carbocycles. The molecule has 1 N–H and O–H groups in total. The first-order chi connectivity index (χ1) is 6.17. The van der Waals surface area contributed by atoms with Crippen LogP contribution >= 0.6 is 11.8 Å². The Balaban J connectivity index is 2.22. The molecule has 3 heteroatoms. The fourth-order valence-electron chi connectivity index (χ4n) is 1.22. The molecule has 2 heterocycles. The Morgan fingerprint density at radius 2 is 2.31 bits per heavy atom. The zero-order chi connectivity index (χ0) is 9.31. The van der Waals surface area contributed by atoms with E-state index in [1.165, 1.54) is 10.5 Å². The molecular formula is C10H12N2S. The predicted molar refractivity (Wildman–Crippen MR) is 57.0 cm³/mol. The Morgan fingerprint density at radius 3 is 2.85 bits per heavy atom. The van der Waals surface area contributed by atoms with Crippen LogP contribution in [0.15, 0.2) is 30.7 Å². The van der Waals surface area contributed by atoms with E-state index in [1.54, 1.807) is 6.20 Å². The lowest BCUT2D eigenvalue weighted by molar-refractivity contribution is 0.653. The van der Waals surface area contributed by atoms with Gasteiger partial charge < -0.3 is 5.32 Å². The minimum atomic E-state index is 0.116. The second-order valence-corrected chi connectivity index (χ2v) is 5.17. The molecule has 0 amide bonds. The molecule has 0 fully saturated rings. The second-order valence-electron chi connectivity index (χ2n) is 3.51. The van der Waals surface area contributed by atoms with Gasteiger partial charge in [-0.3, -0.25) is 4.98 Å². The summed E-state index contributed by atoms with van der Waals surface area (Å²) in [5.41, 5.74) is 1.19.